The fourth-order valence-electron chi connectivity index (χ4n) is 4.69. The molecule has 4 aromatic rings. The number of nitrogens with zero attached hydrogens (tertiary/aromatic N) is 1. The maximum Gasteiger partial charge on any atom is 0.153 e. The maximum atomic E-state index is 13.5. The van der Waals surface area contributed by atoms with E-state index < -0.39 is 0 Å². The highest BCUT2D eigenvalue weighted by atomic mass is 32.1. The largest absolute Gasteiger partial charge is 0.508 e. The van der Waals surface area contributed by atoms with Crippen molar-refractivity contribution in [2.75, 3.05) is 19.6 Å². The van der Waals surface area contributed by atoms with Gasteiger partial charge in [0.1, 0.15) is 17.3 Å². The van der Waals surface area contributed by atoms with Crippen molar-refractivity contribution in [3.05, 3.63) is 78.1 Å². The van der Waals surface area contributed by atoms with E-state index >= 15 is 0 Å². The fraction of sp³-hybridized carbons (Fsp3) is 0.286. The molecule has 1 saturated heterocycles. The summed E-state index contributed by atoms with van der Waals surface area (Å²) in [5.41, 5.74) is 2.26. The van der Waals surface area contributed by atoms with Crippen molar-refractivity contribution in [3.63, 3.8) is 0 Å². The summed E-state index contributed by atoms with van der Waals surface area (Å²) in [6.45, 7) is 5.78. The number of piperidine rings is 1. The van der Waals surface area contributed by atoms with Crippen LogP contribution in [-0.4, -0.2) is 29.6 Å². The summed E-state index contributed by atoms with van der Waals surface area (Å²) in [7, 11) is 0. The van der Waals surface area contributed by atoms with Crippen LogP contribution in [0.2, 0.25) is 0 Å². The first-order valence-electron chi connectivity index (χ1n) is 11.6. The van der Waals surface area contributed by atoms with Crippen molar-refractivity contribution in [2.24, 2.45) is 0 Å². The van der Waals surface area contributed by atoms with Crippen LogP contribution >= 0.6 is 11.3 Å². The van der Waals surface area contributed by atoms with Gasteiger partial charge in [0, 0.05) is 10.1 Å². The predicted octanol–water partition coefficient (Wildman–Crippen LogP) is 7.79. The number of hydrogen-bond donors (Lipinski definition) is 1. The number of fused-ring (bicyclic) bond motifs is 1. The van der Waals surface area contributed by atoms with Gasteiger partial charge < -0.3 is 14.7 Å². The van der Waals surface area contributed by atoms with E-state index in [1.165, 1.54) is 67.9 Å². The third kappa shape index (κ3) is 4.75. The second kappa shape index (κ2) is 9.54. The molecule has 1 aromatic heterocycles. The minimum atomic E-state index is -0.268. The van der Waals surface area contributed by atoms with E-state index in [1.54, 1.807) is 24.3 Å². The molecule has 0 saturated carbocycles. The number of rotatable bonds is 6. The first-order valence-corrected chi connectivity index (χ1v) is 12.4. The van der Waals surface area contributed by atoms with Crippen molar-refractivity contribution < 1.29 is 14.2 Å². The average molecular weight is 462 g/mol. The molecule has 1 N–H and O–H groups in total. The van der Waals surface area contributed by atoms with Crippen molar-refractivity contribution in [1.82, 2.24) is 4.90 Å². The van der Waals surface area contributed by atoms with Gasteiger partial charge in [-0.1, -0.05) is 31.2 Å². The molecule has 3 nitrogen and oxygen atoms in total. The van der Waals surface area contributed by atoms with Gasteiger partial charge in [-0.05, 0) is 98.4 Å². The number of hydrogen-bond acceptors (Lipinski definition) is 4. The van der Waals surface area contributed by atoms with Gasteiger partial charge in [-0.2, -0.15) is 0 Å². The molecule has 0 aliphatic carbocycles. The Labute approximate surface area is 198 Å². The number of thiophene rings is 1. The lowest BCUT2D eigenvalue weighted by molar-refractivity contribution is 0.213. The summed E-state index contributed by atoms with van der Waals surface area (Å²) >= 11 is 1.53. The molecule has 1 aliphatic rings. The molecular weight excluding hydrogens is 433 g/mol. The highest BCUT2D eigenvalue weighted by molar-refractivity contribution is 7.22. The smallest absolute Gasteiger partial charge is 0.153 e. The van der Waals surface area contributed by atoms with Crippen LogP contribution < -0.4 is 4.74 Å². The third-order valence-corrected chi connectivity index (χ3v) is 7.62. The molecule has 0 radical (unpaired) electrons. The molecule has 5 heteroatoms. The van der Waals surface area contributed by atoms with Gasteiger partial charge in [-0.25, -0.2) is 4.39 Å². The number of benzene rings is 3. The SMILES string of the molecule is CCCN1CCC(c2ccc(Oc3c(-c4ccc(F)cc4)sc4cc(O)ccc34)cc2)CC1. The summed E-state index contributed by atoms with van der Waals surface area (Å²) in [4.78, 5) is 3.48. The molecule has 0 atom stereocenters. The van der Waals surface area contributed by atoms with Crippen LogP contribution in [0, 0.1) is 5.82 Å². The number of aromatic hydroxyl groups is 1. The predicted molar refractivity (Wildman–Crippen MR) is 134 cm³/mol. The van der Waals surface area contributed by atoms with E-state index in [0.29, 0.717) is 5.92 Å². The van der Waals surface area contributed by atoms with Crippen LogP contribution in [-0.2, 0) is 0 Å². The Balaban J connectivity index is 1.41. The third-order valence-electron chi connectivity index (χ3n) is 6.43. The molecule has 5 rings (SSSR count). The van der Waals surface area contributed by atoms with Gasteiger partial charge in [-0.15, -0.1) is 11.3 Å². The first-order chi connectivity index (χ1) is 16.1. The van der Waals surface area contributed by atoms with Gasteiger partial charge in [0.15, 0.2) is 5.75 Å². The molecule has 1 aliphatic heterocycles. The number of likely N-dealkylation sites (tertiary alicyclic amines) is 1. The average Bonchev–Trinajstić information content (AvgIpc) is 3.18. The Morgan fingerprint density at radius 3 is 2.42 bits per heavy atom. The van der Waals surface area contributed by atoms with E-state index in [-0.39, 0.29) is 11.6 Å². The van der Waals surface area contributed by atoms with Crippen molar-refractivity contribution >= 4 is 21.4 Å². The number of ether oxygens (including phenoxy) is 1. The highest BCUT2D eigenvalue weighted by Crippen LogP contribution is 2.47. The molecule has 0 amide bonds. The molecule has 170 valence electrons. The zero-order valence-corrected chi connectivity index (χ0v) is 19.6. The van der Waals surface area contributed by atoms with Crippen LogP contribution in [0.15, 0.2) is 66.7 Å². The summed E-state index contributed by atoms with van der Waals surface area (Å²) in [5.74, 6) is 2.07. The molecule has 3 aromatic carbocycles. The van der Waals surface area contributed by atoms with E-state index in [2.05, 4.69) is 24.0 Å². The zero-order valence-electron chi connectivity index (χ0n) is 18.8. The van der Waals surface area contributed by atoms with Crippen LogP contribution in [0.3, 0.4) is 0 Å². The number of phenols is 1. The molecule has 0 unspecified atom stereocenters. The number of halogens is 1. The van der Waals surface area contributed by atoms with Crippen LogP contribution in [0.1, 0.15) is 37.7 Å². The quantitative estimate of drug-likeness (QED) is 0.318. The zero-order chi connectivity index (χ0) is 22.8. The molecular formula is C28H28FNO2S. The van der Waals surface area contributed by atoms with Gasteiger partial charge in [0.2, 0.25) is 0 Å². The maximum absolute atomic E-state index is 13.5. The van der Waals surface area contributed by atoms with E-state index in [9.17, 15) is 9.50 Å². The normalized spacial score (nSPS) is 15.2. The molecule has 33 heavy (non-hydrogen) atoms. The lowest BCUT2D eigenvalue weighted by atomic mass is 9.89. The monoisotopic (exact) mass is 461 g/mol. The Morgan fingerprint density at radius 1 is 1.00 bits per heavy atom. The van der Waals surface area contributed by atoms with E-state index in [0.717, 1.165) is 32.0 Å². The summed E-state index contributed by atoms with van der Waals surface area (Å²) in [5, 5.41) is 10.9. The Morgan fingerprint density at radius 2 is 1.73 bits per heavy atom. The van der Waals surface area contributed by atoms with Crippen LogP contribution in [0.4, 0.5) is 4.39 Å². The van der Waals surface area contributed by atoms with Gasteiger partial charge in [0.25, 0.3) is 0 Å². The summed E-state index contributed by atoms with van der Waals surface area (Å²) < 4.78 is 20.8. The standard InChI is InChI=1S/C28H28FNO2S/c1-2-15-30-16-13-20(14-17-30)19-5-10-24(11-6-19)32-27-25-12-9-23(31)18-26(25)33-28(27)21-3-7-22(29)8-4-21/h3-12,18,20,31H,2,13-17H2,1H3. The van der Waals surface area contributed by atoms with Gasteiger partial charge in [-0.3, -0.25) is 0 Å². The van der Waals surface area contributed by atoms with Crippen LogP contribution in [0.5, 0.6) is 17.2 Å². The van der Waals surface area contributed by atoms with E-state index in [1.807, 2.05) is 18.2 Å². The Bertz CT molecular complexity index is 1230. The summed E-state index contributed by atoms with van der Waals surface area (Å²) in [6, 6.07) is 20.2. The molecule has 0 bridgehead atoms. The molecule has 2 heterocycles. The Hall–Kier alpha value is -2.89. The van der Waals surface area contributed by atoms with Crippen LogP contribution in [0.25, 0.3) is 20.5 Å². The van der Waals surface area contributed by atoms with Crippen molar-refractivity contribution in [3.8, 4) is 27.7 Å². The topological polar surface area (TPSA) is 32.7 Å². The second-order valence-corrected chi connectivity index (χ2v) is 9.79. The van der Waals surface area contributed by atoms with Gasteiger partial charge in [0.05, 0.1) is 4.88 Å². The fourth-order valence-corrected chi connectivity index (χ4v) is 5.85. The van der Waals surface area contributed by atoms with Crippen molar-refractivity contribution in [1.29, 1.82) is 0 Å². The lowest BCUT2D eigenvalue weighted by Gasteiger charge is -2.31. The minimum Gasteiger partial charge on any atom is -0.508 e. The highest BCUT2D eigenvalue weighted by Gasteiger charge is 2.21. The first kappa shape index (κ1) is 21.9. The second-order valence-electron chi connectivity index (χ2n) is 8.73. The minimum absolute atomic E-state index is 0.218. The van der Waals surface area contributed by atoms with Crippen molar-refractivity contribution in [2.45, 2.75) is 32.1 Å². The van der Waals surface area contributed by atoms with Gasteiger partial charge >= 0.3 is 0 Å². The van der Waals surface area contributed by atoms with E-state index in [4.69, 9.17) is 4.74 Å². The lowest BCUT2D eigenvalue weighted by Crippen LogP contribution is -2.33. The number of phenolic OH excluding ortho intramolecular Hbond substituents is 1. The Kier molecular flexibility index (Phi) is 6.34. The summed E-state index contributed by atoms with van der Waals surface area (Å²) in [6.07, 6.45) is 3.62. The molecule has 1 fully saturated rings. The molecule has 0 spiro atoms.